The molecule has 2 heteroatoms. The highest BCUT2D eigenvalue weighted by atomic mass is 32.1. The van der Waals surface area contributed by atoms with Crippen LogP contribution in [0, 0.1) is 17.3 Å². The Bertz CT molecular complexity index is 630. The molecule has 0 spiro atoms. The average Bonchev–Trinajstić information content (AvgIpc) is 2.74. The number of benzene rings is 1. The van der Waals surface area contributed by atoms with Crippen molar-refractivity contribution < 1.29 is 4.79 Å². The molecule has 20 heavy (non-hydrogen) atoms. The van der Waals surface area contributed by atoms with Crippen LogP contribution in [0.5, 0.6) is 0 Å². The molecule has 1 saturated carbocycles. The van der Waals surface area contributed by atoms with Crippen LogP contribution in [-0.4, -0.2) is 5.78 Å². The van der Waals surface area contributed by atoms with E-state index in [1.54, 1.807) is 0 Å². The van der Waals surface area contributed by atoms with Crippen molar-refractivity contribution in [2.75, 3.05) is 0 Å². The maximum Gasteiger partial charge on any atom is 0.139 e. The summed E-state index contributed by atoms with van der Waals surface area (Å²) in [4.78, 5) is 13.3. The van der Waals surface area contributed by atoms with E-state index < -0.39 is 0 Å². The van der Waals surface area contributed by atoms with Gasteiger partial charge in [0.1, 0.15) is 5.78 Å². The van der Waals surface area contributed by atoms with Crippen molar-refractivity contribution in [3.8, 4) is 0 Å². The fourth-order valence-corrected chi connectivity index (χ4v) is 4.97. The second-order valence-corrected chi connectivity index (χ2v) is 7.35. The topological polar surface area (TPSA) is 17.1 Å². The van der Waals surface area contributed by atoms with Gasteiger partial charge < -0.3 is 0 Å². The highest BCUT2D eigenvalue weighted by Gasteiger charge is 2.51. The molecule has 3 aliphatic rings. The standard InChI is InChI=1S/C18H20OS/c1-18-9-8-14-13-5-3-12(20)10-11(13)2-4-15(14)16(18)6-7-17(18)19/h3,5,8,10,15-16,20H,2,4,6-7,9H2,1H3. The van der Waals surface area contributed by atoms with Crippen LogP contribution in [0.15, 0.2) is 29.2 Å². The van der Waals surface area contributed by atoms with Gasteiger partial charge in [0.2, 0.25) is 0 Å². The van der Waals surface area contributed by atoms with Gasteiger partial charge in [0.05, 0.1) is 0 Å². The van der Waals surface area contributed by atoms with Crippen LogP contribution in [0.1, 0.15) is 43.7 Å². The summed E-state index contributed by atoms with van der Waals surface area (Å²) in [7, 11) is 0. The van der Waals surface area contributed by atoms with Gasteiger partial charge in [-0.1, -0.05) is 19.1 Å². The van der Waals surface area contributed by atoms with E-state index in [1.165, 1.54) is 23.1 Å². The number of ketones is 1. The van der Waals surface area contributed by atoms with Crippen molar-refractivity contribution in [2.45, 2.75) is 43.9 Å². The quantitative estimate of drug-likeness (QED) is 0.702. The van der Waals surface area contributed by atoms with Gasteiger partial charge in [-0.05, 0) is 66.4 Å². The Balaban J connectivity index is 1.81. The number of hydrogen-bond donors (Lipinski definition) is 1. The molecule has 1 nitrogen and oxygen atoms in total. The summed E-state index contributed by atoms with van der Waals surface area (Å²) in [6.45, 7) is 2.20. The molecular formula is C18H20OS. The fraction of sp³-hybridized carbons (Fsp3) is 0.500. The van der Waals surface area contributed by atoms with Crippen molar-refractivity contribution in [2.24, 2.45) is 17.3 Å². The lowest BCUT2D eigenvalue weighted by molar-refractivity contribution is -0.126. The third kappa shape index (κ3) is 1.60. The monoisotopic (exact) mass is 284 g/mol. The van der Waals surface area contributed by atoms with Crippen molar-refractivity contribution in [3.63, 3.8) is 0 Å². The predicted molar refractivity (Wildman–Crippen MR) is 83.9 cm³/mol. The van der Waals surface area contributed by atoms with Crippen LogP contribution >= 0.6 is 12.6 Å². The predicted octanol–water partition coefficient (Wildman–Crippen LogP) is 4.31. The number of allylic oxidation sites excluding steroid dienone is 2. The van der Waals surface area contributed by atoms with Crippen LogP contribution in [-0.2, 0) is 11.2 Å². The molecule has 0 heterocycles. The number of thiol groups is 1. The van der Waals surface area contributed by atoms with E-state index in [0.717, 1.165) is 30.6 Å². The lowest BCUT2D eigenvalue weighted by Crippen LogP contribution is -2.38. The summed E-state index contributed by atoms with van der Waals surface area (Å²) in [5, 5.41) is 0. The van der Waals surface area contributed by atoms with Crippen molar-refractivity contribution in [1.82, 2.24) is 0 Å². The normalized spacial score (nSPS) is 35.1. The maximum absolute atomic E-state index is 12.3. The zero-order valence-electron chi connectivity index (χ0n) is 11.9. The number of rotatable bonds is 0. The molecule has 1 aromatic rings. The van der Waals surface area contributed by atoms with Crippen molar-refractivity contribution in [1.29, 1.82) is 0 Å². The first kappa shape index (κ1) is 12.7. The van der Waals surface area contributed by atoms with E-state index in [1.807, 2.05) is 0 Å². The maximum atomic E-state index is 12.3. The first-order valence-corrected chi connectivity index (χ1v) is 8.10. The summed E-state index contributed by atoms with van der Waals surface area (Å²) in [6, 6.07) is 6.54. The molecule has 0 radical (unpaired) electrons. The van der Waals surface area contributed by atoms with Crippen LogP contribution in [0.2, 0.25) is 0 Å². The fourth-order valence-electron chi connectivity index (χ4n) is 4.74. The third-order valence-corrected chi connectivity index (χ3v) is 6.17. The van der Waals surface area contributed by atoms with Gasteiger partial charge in [-0.3, -0.25) is 4.79 Å². The Morgan fingerprint density at radius 3 is 2.95 bits per heavy atom. The van der Waals surface area contributed by atoms with E-state index >= 15 is 0 Å². The lowest BCUT2D eigenvalue weighted by Gasteiger charge is -2.43. The SMILES string of the molecule is CC12CC=C3c4ccc(S)cc4CCC3C1CCC2=O. The summed E-state index contributed by atoms with van der Waals surface area (Å²) < 4.78 is 0. The summed E-state index contributed by atoms with van der Waals surface area (Å²) in [5.41, 5.74) is 4.29. The van der Waals surface area contributed by atoms with Crippen molar-refractivity contribution in [3.05, 3.63) is 35.4 Å². The van der Waals surface area contributed by atoms with E-state index in [-0.39, 0.29) is 5.41 Å². The first-order chi connectivity index (χ1) is 9.59. The Hall–Kier alpha value is -1.02. The van der Waals surface area contributed by atoms with E-state index in [0.29, 0.717) is 17.6 Å². The van der Waals surface area contributed by atoms with Crippen molar-refractivity contribution >= 4 is 24.0 Å². The molecule has 3 atom stereocenters. The largest absolute Gasteiger partial charge is 0.299 e. The summed E-state index contributed by atoms with van der Waals surface area (Å²) >= 11 is 4.46. The highest BCUT2D eigenvalue weighted by molar-refractivity contribution is 7.80. The van der Waals surface area contributed by atoms with Crippen LogP contribution in [0.3, 0.4) is 0 Å². The van der Waals surface area contributed by atoms with Crippen LogP contribution in [0.4, 0.5) is 0 Å². The van der Waals surface area contributed by atoms with E-state index in [2.05, 4.69) is 43.8 Å². The molecule has 4 rings (SSSR count). The zero-order valence-corrected chi connectivity index (χ0v) is 12.7. The Labute approximate surface area is 125 Å². The van der Waals surface area contributed by atoms with E-state index in [9.17, 15) is 4.79 Å². The number of Topliss-reactive ketones (excluding diaryl/α,β-unsaturated/α-hetero) is 1. The molecule has 1 aromatic carbocycles. The molecule has 1 fully saturated rings. The molecule has 3 aliphatic carbocycles. The molecule has 3 unspecified atom stereocenters. The highest BCUT2D eigenvalue weighted by Crippen LogP contribution is 2.56. The molecule has 0 aromatic heterocycles. The van der Waals surface area contributed by atoms with Crippen LogP contribution < -0.4 is 0 Å². The Morgan fingerprint density at radius 1 is 1.25 bits per heavy atom. The summed E-state index contributed by atoms with van der Waals surface area (Å²) in [6.07, 6.45) is 7.51. The van der Waals surface area contributed by atoms with Gasteiger partial charge in [-0.2, -0.15) is 0 Å². The average molecular weight is 284 g/mol. The Morgan fingerprint density at radius 2 is 2.10 bits per heavy atom. The second kappa shape index (κ2) is 4.24. The number of fused-ring (bicyclic) bond motifs is 5. The molecule has 0 N–H and O–H groups in total. The minimum absolute atomic E-state index is 0.0742. The van der Waals surface area contributed by atoms with Gasteiger partial charge >= 0.3 is 0 Å². The molecular weight excluding hydrogens is 264 g/mol. The number of carbonyl (C=O) groups excluding carboxylic acids is 1. The molecule has 104 valence electrons. The zero-order chi connectivity index (χ0) is 13.9. The molecule has 0 amide bonds. The smallest absolute Gasteiger partial charge is 0.139 e. The molecule has 0 bridgehead atoms. The van der Waals surface area contributed by atoms with Gasteiger partial charge in [0, 0.05) is 16.7 Å². The summed E-state index contributed by atoms with van der Waals surface area (Å²) in [5.74, 6) is 1.66. The Kier molecular flexibility index (Phi) is 2.69. The van der Waals surface area contributed by atoms with Crippen LogP contribution in [0.25, 0.3) is 5.57 Å². The number of aryl methyl sites for hydroxylation is 1. The third-order valence-electron chi connectivity index (χ3n) is 5.89. The molecule has 0 aliphatic heterocycles. The second-order valence-electron chi connectivity index (χ2n) is 6.84. The minimum atomic E-state index is -0.0742. The first-order valence-electron chi connectivity index (χ1n) is 7.65. The lowest BCUT2D eigenvalue weighted by atomic mass is 9.60. The number of carbonyl (C=O) groups is 1. The van der Waals surface area contributed by atoms with Gasteiger partial charge in [-0.25, -0.2) is 0 Å². The minimum Gasteiger partial charge on any atom is -0.299 e. The van der Waals surface area contributed by atoms with Gasteiger partial charge in [0.15, 0.2) is 0 Å². The van der Waals surface area contributed by atoms with Gasteiger partial charge in [0.25, 0.3) is 0 Å². The van der Waals surface area contributed by atoms with E-state index in [4.69, 9.17) is 0 Å². The molecule has 0 saturated heterocycles. The number of hydrogen-bond acceptors (Lipinski definition) is 2. The van der Waals surface area contributed by atoms with Gasteiger partial charge in [-0.15, -0.1) is 12.6 Å².